The highest BCUT2D eigenvalue weighted by atomic mass is 35.5. The Kier molecular flexibility index (Phi) is 5.80. The molecule has 3 rings (SSSR count). The van der Waals surface area contributed by atoms with E-state index in [0.717, 1.165) is 30.1 Å². The van der Waals surface area contributed by atoms with Crippen LogP contribution in [0.25, 0.3) is 0 Å². The largest absolute Gasteiger partial charge is 0.368 e. The lowest BCUT2D eigenvalue weighted by atomic mass is 10.1. The van der Waals surface area contributed by atoms with Crippen molar-refractivity contribution in [2.24, 2.45) is 0 Å². The van der Waals surface area contributed by atoms with Crippen molar-refractivity contribution in [2.45, 2.75) is 19.8 Å². The van der Waals surface area contributed by atoms with E-state index in [1.165, 1.54) is 11.1 Å². The van der Waals surface area contributed by atoms with Gasteiger partial charge in [-0.25, -0.2) is 0 Å². The van der Waals surface area contributed by atoms with E-state index in [2.05, 4.69) is 44.9 Å². The number of hydrogen-bond acceptors (Lipinski definition) is 5. The van der Waals surface area contributed by atoms with Crippen LogP contribution in [0.15, 0.2) is 54.7 Å². The molecule has 0 aliphatic heterocycles. The van der Waals surface area contributed by atoms with Gasteiger partial charge in [0.25, 0.3) is 0 Å². The second-order valence-electron chi connectivity index (χ2n) is 5.61. The Morgan fingerprint density at radius 2 is 1.96 bits per heavy atom. The van der Waals surface area contributed by atoms with Crippen LogP contribution < -0.4 is 10.6 Å². The summed E-state index contributed by atoms with van der Waals surface area (Å²) in [6, 6.07) is 16.0. The summed E-state index contributed by atoms with van der Waals surface area (Å²) < 4.78 is 0. The molecular weight excluding hydrogens is 334 g/mol. The highest BCUT2D eigenvalue weighted by Crippen LogP contribution is 2.19. The number of nitrogens with zero attached hydrogens (tertiary/aromatic N) is 3. The Morgan fingerprint density at radius 3 is 2.80 bits per heavy atom. The van der Waals surface area contributed by atoms with Gasteiger partial charge in [0.2, 0.25) is 5.95 Å². The summed E-state index contributed by atoms with van der Waals surface area (Å²) in [6.45, 7) is 2.86. The van der Waals surface area contributed by atoms with Crippen molar-refractivity contribution in [1.82, 2.24) is 15.2 Å². The van der Waals surface area contributed by atoms with Crippen molar-refractivity contribution in [3.8, 4) is 0 Å². The number of benzene rings is 2. The van der Waals surface area contributed by atoms with Gasteiger partial charge >= 0.3 is 0 Å². The molecule has 1 heterocycles. The maximum atomic E-state index is 6.00. The third kappa shape index (κ3) is 4.90. The number of anilines is 3. The lowest BCUT2D eigenvalue weighted by molar-refractivity contribution is 0.949. The molecule has 2 N–H and O–H groups in total. The fourth-order valence-corrected chi connectivity index (χ4v) is 2.75. The number of hydrogen-bond donors (Lipinski definition) is 2. The van der Waals surface area contributed by atoms with E-state index in [9.17, 15) is 0 Å². The minimum atomic E-state index is 0.480. The quantitative estimate of drug-likeness (QED) is 0.655. The SMILES string of the molecule is CCc1ccccc1Nc1nncc(NCCc2cccc(Cl)c2)n1. The monoisotopic (exact) mass is 353 g/mol. The Bertz CT molecular complexity index is 837. The Labute approximate surface area is 152 Å². The van der Waals surface area contributed by atoms with E-state index in [0.29, 0.717) is 11.8 Å². The zero-order valence-electron chi connectivity index (χ0n) is 14.0. The molecule has 128 valence electrons. The Balaban J connectivity index is 1.61. The third-order valence-electron chi connectivity index (χ3n) is 3.81. The van der Waals surface area contributed by atoms with Crippen LogP contribution in [0.1, 0.15) is 18.1 Å². The maximum Gasteiger partial charge on any atom is 0.249 e. The van der Waals surface area contributed by atoms with Gasteiger partial charge in [0.05, 0.1) is 6.20 Å². The molecule has 0 radical (unpaired) electrons. The van der Waals surface area contributed by atoms with Crippen LogP contribution >= 0.6 is 11.6 Å². The first-order valence-corrected chi connectivity index (χ1v) is 8.65. The van der Waals surface area contributed by atoms with Crippen molar-refractivity contribution < 1.29 is 0 Å². The first kappa shape index (κ1) is 17.2. The minimum absolute atomic E-state index is 0.480. The van der Waals surface area contributed by atoms with Crippen LogP contribution in [0.5, 0.6) is 0 Å². The van der Waals surface area contributed by atoms with Crippen molar-refractivity contribution in [2.75, 3.05) is 17.2 Å². The maximum absolute atomic E-state index is 6.00. The number of aromatic nitrogens is 3. The van der Waals surface area contributed by atoms with Crippen LogP contribution in [0.3, 0.4) is 0 Å². The average Bonchev–Trinajstić information content (AvgIpc) is 2.63. The molecule has 5 nitrogen and oxygen atoms in total. The number of aryl methyl sites for hydroxylation is 1. The van der Waals surface area contributed by atoms with Gasteiger partial charge in [-0.2, -0.15) is 10.1 Å². The molecule has 25 heavy (non-hydrogen) atoms. The lowest BCUT2D eigenvalue weighted by Crippen LogP contribution is -2.09. The number of halogens is 1. The first-order chi connectivity index (χ1) is 12.2. The summed E-state index contributed by atoms with van der Waals surface area (Å²) in [5.74, 6) is 1.17. The average molecular weight is 354 g/mol. The van der Waals surface area contributed by atoms with E-state index in [-0.39, 0.29) is 0 Å². The molecule has 0 saturated carbocycles. The number of rotatable bonds is 7. The van der Waals surface area contributed by atoms with E-state index in [1.54, 1.807) is 6.20 Å². The molecule has 0 aliphatic rings. The minimum Gasteiger partial charge on any atom is -0.368 e. The molecule has 0 fully saturated rings. The topological polar surface area (TPSA) is 62.7 Å². The third-order valence-corrected chi connectivity index (χ3v) is 4.05. The fourth-order valence-electron chi connectivity index (χ4n) is 2.54. The summed E-state index contributed by atoms with van der Waals surface area (Å²) in [5, 5.41) is 15.3. The van der Waals surface area contributed by atoms with Crippen molar-refractivity contribution in [1.29, 1.82) is 0 Å². The zero-order chi connectivity index (χ0) is 17.5. The second kappa shape index (κ2) is 8.44. The van der Waals surface area contributed by atoms with Gasteiger partial charge < -0.3 is 10.6 Å². The fraction of sp³-hybridized carbons (Fsp3) is 0.211. The van der Waals surface area contributed by atoms with Gasteiger partial charge in [0.15, 0.2) is 5.82 Å². The van der Waals surface area contributed by atoms with E-state index < -0.39 is 0 Å². The Hall–Kier alpha value is -2.66. The van der Waals surface area contributed by atoms with Crippen LogP contribution in [-0.2, 0) is 12.8 Å². The van der Waals surface area contributed by atoms with E-state index in [4.69, 9.17) is 11.6 Å². The predicted molar refractivity (Wildman–Crippen MR) is 103 cm³/mol. The molecule has 0 aliphatic carbocycles. The molecule has 2 aromatic carbocycles. The normalized spacial score (nSPS) is 10.5. The van der Waals surface area contributed by atoms with Gasteiger partial charge in [0, 0.05) is 17.3 Å². The molecule has 0 spiro atoms. The van der Waals surface area contributed by atoms with E-state index in [1.807, 2.05) is 36.4 Å². The first-order valence-electron chi connectivity index (χ1n) is 8.27. The van der Waals surface area contributed by atoms with Crippen molar-refractivity contribution >= 4 is 29.1 Å². The highest BCUT2D eigenvalue weighted by molar-refractivity contribution is 6.30. The molecule has 0 saturated heterocycles. The molecule has 0 bridgehead atoms. The zero-order valence-corrected chi connectivity index (χ0v) is 14.8. The molecule has 1 aromatic heterocycles. The summed E-state index contributed by atoms with van der Waals surface area (Å²) in [4.78, 5) is 4.47. The highest BCUT2D eigenvalue weighted by Gasteiger charge is 2.04. The summed E-state index contributed by atoms with van der Waals surface area (Å²) in [6.07, 6.45) is 3.41. The van der Waals surface area contributed by atoms with Crippen LogP contribution in [0.2, 0.25) is 5.02 Å². The van der Waals surface area contributed by atoms with Gasteiger partial charge in [-0.05, 0) is 42.2 Å². The lowest BCUT2D eigenvalue weighted by Gasteiger charge is -2.10. The standard InChI is InChI=1S/C19H20ClN5/c1-2-15-7-3-4-9-17(15)23-19-24-18(13-22-25-19)21-11-10-14-6-5-8-16(20)12-14/h3-9,12-13H,2,10-11H2,1H3,(H2,21,23,24,25). The summed E-state index contributed by atoms with van der Waals surface area (Å²) in [5.41, 5.74) is 3.39. The van der Waals surface area contributed by atoms with Gasteiger partial charge in [0.1, 0.15) is 0 Å². The Morgan fingerprint density at radius 1 is 1.08 bits per heavy atom. The molecule has 6 heteroatoms. The summed E-state index contributed by atoms with van der Waals surface area (Å²) in [7, 11) is 0. The van der Waals surface area contributed by atoms with Crippen LogP contribution in [0, 0.1) is 0 Å². The van der Waals surface area contributed by atoms with Crippen LogP contribution in [-0.4, -0.2) is 21.7 Å². The van der Waals surface area contributed by atoms with Crippen molar-refractivity contribution in [3.63, 3.8) is 0 Å². The van der Waals surface area contributed by atoms with E-state index >= 15 is 0 Å². The summed E-state index contributed by atoms with van der Waals surface area (Å²) >= 11 is 6.00. The molecular formula is C19H20ClN5. The number of nitrogens with one attached hydrogen (secondary N) is 2. The smallest absolute Gasteiger partial charge is 0.249 e. The molecule has 0 atom stereocenters. The number of para-hydroxylation sites is 1. The molecule has 0 unspecified atom stereocenters. The van der Waals surface area contributed by atoms with Gasteiger partial charge in [-0.1, -0.05) is 48.9 Å². The molecule has 3 aromatic rings. The predicted octanol–water partition coefficient (Wildman–Crippen LogP) is 4.49. The van der Waals surface area contributed by atoms with Gasteiger partial charge in [-0.15, -0.1) is 5.10 Å². The van der Waals surface area contributed by atoms with Crippen LogP contribution in [0.4, 0.5) is 17.5 Å². The van der Waals surface area contributed by atoms with Crippen molar-refractivity contribution in [3.05, 3.63) is 70.9 Å². The van der Waals surface area contributed by atoms with Gasteiger partial charge in [-0.3, -0.25) is 0 Å². The molecule has 0 amide bonds. The second-order valence-corrected chi connectivity index (χ2v) is 6.04.